The summed E-state index contributed by atoms with van der Waals surface area (Å²) in [6.45, 7) is 12.8. The summed E-state index contributed by atoms with van der Waals surface area (Å²) in [5, 5.41) is 10.5. The first kappa shape index (κ1) is 20.9. The van der Waals surface area contributed by atoms with Gasteiger partial charge in [0, 0.05) is 71.0 Å². The Morgan fingerprint density at radius 2 is 1.73 bits per heavy atom. The molecule has 0 aliphatic carbocycles. The van der Waals surface area contributed by atoms with Gasteiger partial charge in [0.15, 0.2) is 4.46 Å². The zero-order chi connectivity index (χ0) is 15.3. The van der Waals surface area contributed by atoms with Gasteiger partial charge in [-0.05, 0) is 13.8 Å². The van der Waals surface area contributed by atoms with Crippen LogP contribution in [0.3, 0.4) is 0 Å². The molecule has 2 aliphatic heterocycles. The Morgan fingerprint density at radius 3 is 2.50 bits per heavy atom. The second-order valence-electron chi connectivity index (χ2n) is 6.29. The molecule has 2 bridgehead atoms. The Balaban J connectivity index is 0.00000242. The molecule has 8 heteroatoms. The molecule has 5 nitrogen and oxygen atoms in total. The first-order valence-corrected chi connectivity index (χ1v) is 8.75. The normalized spacial score (nSPS) is 37.6. The van der Waals surface area contributed by atoms with Crippen LogP contribution in [0.1, 0.15) is 13.8 Å². The van der Waals surface area contributed by atoms with Crippen LogP contribution in [0, 0.1) is 0 Å². The number of nitrogens with zero attached hydrogens (tertiary/aromatic N) is 2. The Morgan fingerprint density at radius 1 is 0.955 bits per heavy atom. The summed E-state index contributed by atoms with van der Waals surface area (Å²) in [5.41, 5.74) is 0. The molecule has 2 saturated heterocycles. The summed E-state index contributed by atoms with van der Waals surface area (Å²) in [6, 6.07) is 0.853. The first-order valence-electron chi connectivity index (χ1n) is 8.00. The average molecular weight is 393 g/mol. The molecule has 2 aliphatic rings. The summed E-state index contributed by atoms with van der Waals surface area (Å²) < 4.78 is -0.853. The molecule has 0 saturated carbocycles. The third kappa shape index (κ3) is 6.79. The van der Waals surface area contributed by atoms with E-state index in [4.69, 9.17) is 23.2 Å². The largest absolute Gasteiger partial charge is 2.00 e. The predicted molar refractivity (Wildman–Crippen MR) is 90.2 cm³/mol. The van der Waals surface area contributed by atoms with Crippen molar-refractivity contribution < 1.29 is 17.1 Å². The molecule has 1 radical (unpaired) electrons. The molecule has 129 valence electrons. The van der Waals surface area contributed by atoms with Crippen molar-refractivity contribution in [3.8, 4) is 0 Å². The van der Waals surface area contributed by atoms with E-state index in [1.54, 1.807) is 0 Å². The molecule has 0 aromatic rings. The Labute approximate surface area is 155 Å². The van der Waals surface area contributed by atoms with Crippen LogP contribution in [-0.4, -0.2) is 85.2 Å². The van der Waals surface area contributed by atoms with E-state index in [0.29, 0.717) is 18.6 Å². The fraction of sp³-hybridized carbons (Fsp3) is 1.00. The van der Waals surface area contributed by atoms with Crippen LogP contribution in [0.4, 0.5) is 0 Å². The maximum atomic E-state index is 6.60. The maximum Gasteiger partial charge on any atom is 2.00 e. The minimum atomic E-state index is -0.853. The van der Waals surface area contributed by atoms with Gasteiger partial charge in [0.2, 0.25) is 0 Å². The van der Waals surface area contributed by atoms with E-state index in [2.05, 4.69) is 39.6 Å². The number of alkyl halides is 2. The number of rotatable bonds is 0. The zero-order valence-electron chi connectivity index (χ0n) is 13.5. The maximum absolute atomic E-state index is 6.60. The minimum Gasteiger partial charge on any atom is -0.314 e. The molecule has 2 fully saturated rings. The second kappa shape index (κ2) is 10.0. The predicted octanol–water partition coefficient (Wildman–Crippen LogP) is 0.292. The summed E-state index contributed by atoms with van der Waals surface area (Å²) in [7, 11) is 0. The van der Waals surface area contributed by atoms with Crippen molar-refractivity contribution in [1.29, 1.82) is 0 Å². The quantitative estimate of drug-likeness (QED) is 0.314. The number of hydrogen-bond acceptors (Lipinski definition) is 5. The monoisotopic (exact) mass is 392 g/mol. The van der Waals surface area contributed by atoms with Gasteiger partial charge in [-0.15, -0.1) is 0 Å². The van der Waals surface area contributed by atoms with E-state index < -0.39 is 4.46 Å². The molecule has 4 unspecified atom stereocenters. The molecule has 3 N–H and O–H groups in total. The second-order valence-corrected chi connectivity index (χ2v) is 7.74. The van der Waals surface area contributed by atoms with Crippen LogP contribution in [0.2, 0.25) is 0 Å². The molecule has 2 rings (SSSR count). The van der Waals surface area contributed by atoms with Gasteiger partial charge in [-0.1, -0.05) is 23.2 Å². The number of halogens is 2. The Bertz CT molecular complexity index is 322. The number of fused-ring (bicyclic) bond motifs is 3. The zero-order valence-corrected chi connectivity index (χ0v) is 16.2. The van der Waals surface area contributed by atoms with Crippen molar-refractivity contribution in [1.82, 2.24) is 25.8 Å². The van der Waals surface area contributed by atoms with Gasteiger partial charge in [0.1, 0.15) is 0 Å². The Kier molecular flexibility index (Phi) is 9.54. The van der Waals surface area contributed by atoms with Crippen LogP contribution >= 0.6 is 23.2 Å². The van der Waals surface area contributed by atoms with Gasteiger partial charge >= 0.3 is 17.1 Å². The van der Waals surface area contributed by atoms with E-state index in [1.165, 1.54) is 0 Å². The van der Waals surface area contributed by atoms with E-state index in [0.717, 1.165) is 52.4 Å². The standard InChI is InChI=1S/C14H29Cl2N5.Mn/c1-12-9-17-3-5-20-7-8-21(14(15,16)11-19-12)6-4-18-13(2)10-20;/h12-13,17-19H,3-11H2,1-2H3;/q;+2. The molecule has 0 aromatic heterocycles. The van der Waals surface area contributed by atoms with Crippen LogP contribution in [0.5, 0.6) is 0 Å². The number of hydrogen-bond donors (Lipinski definition) is 3. The Hall–Kier alpha value is 0.899. The van der Waals surface area contributed by atoms with Crippen molar-refractivity contribution in [2.75, 3.05) is 58.9 Å². The van der Waals surface area contributed by atoms with E-state index in [1.807, 2.05) is 0 Å². The van der Waals surface area contributed by atoms with Gasteiger partial charge in [-0.3, -0.25) is 9.80 Å². The third-order valence-corrected chi connectivity index (χ3v) is 5.02. The van der Waals surface area contributed by atoms with Crippen LogP contribution in [0.15, 0.2) is 0 Å². The molecular formula is C14H29Cl2MnN5+2. The van der Waals surface area contributed by atoms with Crippen molar-refractivity contribution in [2.24, 2.45) is 0 Å². The fourth-order valence-electron chi connectivity index (χ4n) is 2.93. The molecule has 0 spiro atoms. The van der Waals surface area contributed by atoms with Gasteiger partial charge < -0.3 is 16.0 Å². The van der Waals surface area contributed by atoms with Crippen LogP contribution < -0.4 is 16.0 Å². The molecule has 0 amide bonds. The average Bonchev–Trinajstić information content (AvgIpc) is 2.51. The topological polar surface area (TPSA) is 42.6 Å². The van der Waals surface area contributed by atoms with Gasteiger partial charge in [0.05, 0.1) is 0 Å². The van der Waals surface area contributed by atoms with Gasteiger partial charge in [0.25, 0.3) is 0 Å². The number of nitrogens with one attached hydrogen (secondary N) is 3. The molecule has 4 atom stereocenters. The van der Waals surface area contributed by atoms with Gasteiger partial charge in [-0.2, -0.15) is 0 Å². The third-order valence-electron chi connectivity index (χ3n) is 4.27. The first-order chi connectivity index (χ1) is 9.97. The van der Waals surface area contributed by atoms with Crippen LogP contribution in [0.25, 0.3) is 0 Å². The summed E-state index contributed by atoms with van der Waals surface area (Å²) in [5.74, 6) is 0. The van der Waals surface area contributed by atoms with E-state index in [-0.39, 0.29) is 17.1 Å². The smallest absolute Gasteiger partial charge is 0.314 e. The molecule has 22 heavy (non-hydrogen) atoms. The fourth-order valence-corrected chi connectivity index (χ4v) is 3.42. The molecule has 2 heterocycles. The minimum absolute atomic E-state index is 0. The summed E-state index contributed by atoms with van der Waals surface area (Å²) >= 11 is 13.2. The van der Waals surface area contributed by atoms with Crippen molar-refractivity contribution in [2.45, 2.75) is 30.4 Å². The van der Waals surface area contributed by atoms with Crippen molar-refractivity contribution in [3.63, 3.8) is 0 Å². The van der Waals surface area contributed by atoms with Gasteiger partial charge in [-0.25, -0.2) is 0 Å². The summed E-state index contributed by atoms with van der Waals surface area (Å²) in [4.78, 5) is 4.68. The van der Waals surface area contributed by atoms with E-state index >= 15 is 0 Å². The summed E-state index contributed by atoms with van der Waals surface area (Å²) in [6.07, 6.45) is 0. The van der Waals surface area contributed by atoms with Crippen molar-refractivity contribution in [3.05, 3.63) is 0 Å². The van der Waals surface area contributed by atoms with E-state index in [9.17, 15) is 0 Å². The molecular weight excluding hydrogens is 364 g/mol. The molecule has 0 aromatic carbocycles. The SMILES string of the molecule is CC1CNCCN2CCN(CCNC(C)C2)C(Cl)(Cl)CN1.[Mn+2]. The van der Waals surface area contributed by atoms with Crippen molar-refractivity contribution >= 4 is 23.2 Å². The van der Waals surface area contributed by atoms with Crippen LogP contribution in [-0.2, 0) is 17.1 Å².